The lowest BCUT2D eigenvalue weighted by atomic mass is 10.1. The lowest BCUT2D eigenvalue weighted by Gasteiger charge is -2.20. The molecule has 1 unspecified atom stereocenters. The summed E-state index contributed by atoms with van der Waals surface area (Å²) in [6.07, 6.45) is 5.70. The second kappa shape index (κ2) is 7.18. The number of carbonyl (C=O) groups excluding carboxylic acids is 2. The predicted molar refractivity (Wildman–Crippen MR) is 92.5 cm³/mol. The van der Waals surface area contributed by atoms with Crippen LogP contribution in [0.1, 0.15) is 25.3 Å². The molecular formula is C19H24N2O3. The molecular weight excluding hydrogens is 304 g/mol. The first-order valence-corrected chi connectivity index (χ1v) is 8.60. The van der Waals surface area contributed by atoms with E-state index >= 15 is 0 Å². The quantitative estimate of drug-likeness (QED) is 0.808. The molecule has 0 bridgehead atoms. The summed E-state index contributed by atoms with van der Waals surface area (Å²) in [6, 6.07) is 7.82. The molecule has 0 saturated carbocycles. The van der Waals surface area contributed by atoms with Gasteiger partial charge in [-0.2, -0.15) is 0 Å². The van der Waals surface area contributed by atoms with Crippen molar-refractivity contribution >= 4 is 17.5 Å². The van der Waals surface area contributed by atoms with Crippen LogP contribution in [-0.2, 0) is 16.0 Å². The largest absolute Gasteiger partial charge is 0.396 e. The van der Waals surface area contributed by atoms with Gasteiger partial charge in [-0.15, -0.1) is 0 Å². The fourth-order valence-corrected chi connectivity index (χ4v) is 3.51. The molecule has 0 spiro atoms. The first-order valence-electron chi connectivity index (χ1n) is 8.60. The van der Waals surface area contributed by atoms with Crippen LogP contribution in [0.15, 0.2) is 36.4 Å². The van der Waals surface area contributed by atoms with Crippen molar-refractivity contribution in [3.63, 3.8) is 0 Å². The minimum absolute atomic E-state index is 0.00579. The molecule has 0 aromatic heterocycles. The van der Waals surface area contributed by atoms with E-state index in [1.807, 2.05) is 36.4 Å². The first kappa shape index (κ1) is 16.7. The second-order valence-corrected chi connectivity index (χ2v) is 6.57. The number of benzene rings is 1. The van der Waals surface area contributed by atoms with Crippen LogP contribution < -0.4 is 10.2 Å². The normalized spacial score (nSPS) is 26.2. The van der Waals surface area contributed by atoms with E-state index in [0.717, 1.165) is 24.1 Å². The topological polar surface area (TPSA) is 69.6 Å². The van der Waals surface area contributed by atoms with Gasteiger partial charge in [0.1, 0.15) is 0 Å². The Hall–Kier alpha value is -2.14. The molecule has 5 nitrogen and oxygen atoms in total. The lowest BCUT2D eigenvalue weighted by molar-refractivity contribution is -0.126. The van der Waals surface area contributed by atoms with Crippen LogP contribution in [0.4, 0.5) is 5.69 Å². The van der Waals surface area contributed by atoms with E-state index in [9.17, 15) is 9.59 Å². The summed E-state index contributed by atoms with van der Waals surface area (Å²) in [7, 11) is 0. The molecule has 128 valence electrons. The molecule has 1 aromatic rings. The number of amides is 2. The van der Waals surface area contributed by atoms with Crippen LogP contribution in [0, 0.1) is 11.8 Å². The minimum Gasteiger partial charge on any atom is -0.396 e. The number of aryl methyl sites for hydroxylation is 1. The Labute approximate surface area is 142 Å². The molecule has 3 atom stereocenters. The highest BCUT2D eigenvalue weighted by atomic mass is 16.3. The van der Waals surface area contributed by atoms with Gasteiger partial charge in [-0.05, 0) is 24.5 Å². The summed E-state index contributed by atoms with van der Waals surface area (Å²) in [5.41, 5.74) is 2.04. The molecule has 0 radical (unpaired) electrons. The number of nitrogens with zero attached hydrogens (tertiary/aromatic N) is 1. The van der Waals surface area contributed by atoms with Crippen molar-refractivity contribution in [2.75, 3.05) is 18.1 Å². The van der Waals surface area contributed by atoms with Crippen molar-refractivity contribution in [1.29, 1.82) is 0 Å². The van der Waals surface area contributed by atoms with Gasteiger partial charge in [0, 0.05) is 37.2 Å². The Balaban J connectivity index is 1.64. The molecule has 1 fully saturated rings. The van der Waals surface area contributed by atoms with Crippen LogP contribution in [-0.4, -0.2) is 36.1 Å². The molecule has 5 heteroatoms. The third-order valence-corrected chi connectivity index (χ3v) is 4.89. The zero-order chi connectivity index (χ0) is 17.1. The van der Waals surface area contributed by atoms with Gasteiger partial charge in [0.25, 0.3) is 0 Å². The number of rotatable bonds is 5. The fourth-order valence-electron chi connectivity index (χ4n) is 3.51. The van der Waals surface area contributed by atoms with Crippen molar-refractivity contribution in [3.8, 4) is 0 Å². The number of aliphatic hydroxyl groups is 1. The summed E-state index contributed by atoms with van der Waals surface area (Å²) in [6.45, 7) is 2.60. The van der Waals surface area contributed by atoms with Crippen LogP contribution in [0.3, 0.4) is 0 Å². The van der Waals surface area contributed by atoms with Gasteiger partial charge in [-0.3, -0.25) is 9.59 Å². The zero-order valence-corrected chi connectivity index (χ0v) is 13.9. The Kier molecular flexibility index (Phi) is 5.00. The Morgan fingerprint density at radius 1 is 1.33 bits per heavy atom. The molecule has 2 N–H and O–H groups in total. The summed E-state index contributed by atoms with van der Waals surface area (Å²) < 4.78 is 0. The van der Waals surface area contributed by atoms with E-state index in [-0.39, 0.29) is 42.7 Å². The maximum Gasteiger partial charge on any atom is 0.227 e. The average Bonchev–Trinajstić information content (AvgIpc) is 3.21. The number of hydrogen-bond acceptors (Lipinski definition) is 3. The Morgan fingerprint density at radius 2 is 2.12 bits per heavy atom. The zero-order valence-electron chi connectivity index (χ0n) is 13.9. The monoisotopic (exact) mass is 328 g/mol. The fraction of sp³-hybridized carbons (Fsp3) is 0.474. The number of hydrogen-bond donors (Lipinski definition) is 2. The van der Waals surface area contributed by atoms with Gasteiger partial charge in [-0.25, -0.2) is 0 Å². The van der Waals surface area contributed by atoms with Gasteiger partial charge in [0.15, 0.2) is 0 Å². The standard InChI is InChI=1S/C19H24N2O3/c1-2-14-5-3-4-6-17(14)21-11-15(10-18(21)23)19(24)20-16-8-7-13(9-16)12-22/h3-8,13,15-16,22H,2,9-12H2,1H3,(H,20,24)/t13-,15?,16+/m0/s1. The van der Waals surface area contributed by atoms with Crippen molar-refractivity contribution in [1.82, 2.24) is 5.32 Å². The smallest absolute Gasteiger partial charge is 0.227 e. The van der Waals surface area contributed by atoms with Crippen molar-refractivity contribution in [2.45, 2.75) is 32.2 Å². The molecule has 24 heavy (non-hydrogen) atoms. The Morgan fingerprint density at radius 3 is 2.83 bits per heavy atom. The molecule has 2 amide bonds. The predicted octanol–water partition coefficient (Wildman–Crippen LogP) is 1.66. The number of aliphatic hydroxyl groups excluding tert-OH is 1. The molecule has 3 rings (SSSR count). The third-order valence-electron chi connectivity index (χ3n) is 4.89. The molecule has 1 saturated heterocycles. The van der Waals surface area contributed by atoms with Crippen LogP contribution in [0.25, 0.3) is 0 Å². The summed E-state index contributed by atoms with van der Waals surface area (Å²) in [5, 5.41) is 12.1. The SMILES string of the molecule is CCc1ccccc1N1CC(C(=O)N[C@@H]2C=C[C@H](CO)C2)CC1=O. The van der Waals surface area contributed by atoms with Crippen LogP contribution in [0.5, 0.6) is 0 Å². The second-order valence-electron chi connectivity index (χ2n) is 6.57. The third kappa shape index (κ3) is 3.36. The van der Waals surface area contributed by atoms with Crippen LogP contribution in [0.2, 0.25) is 0 Å². The number of anilines is 1. The van der Waals surface area contributed by atoms with Crippen molar-refractivity contribution in [3.05, 3.63) is 42.0 Å². The number of carbonyl (C=O) groups is 2. The van der Waals surface area contributed by atoms with E-state index in [2.05, 4.69) is 12.2 Å². The molecule has 1 aromatic carbocycles. The van der Waals surface area contributed by atoms with Gasteiger partial charge in [-0.1, -0.05) is 37.3 Å². The molecule has 1 aliphatic heterocycles. The van der Waals surface area contributed by atoms with E-state index < -0.39 is 0 Å². The number of nitrogens with one attached hydrogen (secondary N) is 1. The minimum atomic E-state index is -0.316. The van der Waals surface area contributed by atoms with E-state index in [1.54, 1.807) is 4.90 Å². The van der Waals surface area contributed by atoms with Crippen molar-refractivity contribution < 1.29 is 14.7 Å². The maximum atomic E-state index is 12.5. The number of para-hydroxylation sites is 1. The maximum absolute atomic E-state index is 12.5. The first-order chi connectivity index (χ1) is 11.6. The van der Waals surface area contributed by atoms with Crippen molar-refractivity contribution in [2.24, 2.45) is 11.8 Å². The molecule has 1 aliphatic carbocycles. The average molecular weight is 328 g/mol. The van der Waals surface area contributed by atoms with E-state index in [1.165, 1.54) is 0 Å². The van der Waals surface area contributed by atoms with Gasteiger partial charge < -0.3 is 15.3 Å². The summed E-state index contributed by atoms with van der Waals surface area (Å²) >= 11 is 0. The highest BCUT2D eigenvalue weighted by Gasteiger charge is 2.36. The summed E-state index contributed by atoms with van der Waals surface area (Å²) in [4.78, 5) is 26.6. The summed E-state index contributed by atoms with van der Waals surface area (Å²) in [5.74, 6) is -0.267. The van der Waals surface area contributed by atoms with E-state index in [0.29, 0.717) is 6.54 Å². The van der Waals surface area contributed by atoms with Gasteiger partial charge in [0.2, 0.25) is 11.8 Å². The van der Waals surface area contributed by atoms with Gasteiger partial charge in [0.05, 0.1) is 5.92 Å². The molecule has 1 heterocycles. The lowest BCUT2D eigenvalue weighted by Crippen LogP contribution is -2.38. The van der Waals surface area contributed by atoms with Crippen LogP contribution >= 0.6 is 0 Å². The van der Waals surface area contributed by atoms with Gasteiger partial charge >= 0.3 is 0 Å². The molecule has 2 aliphatic rings. The Bertz CT molecular complexity index is 656. The highest BCUT2D eigenvalue weighted by molar-refractivity contribution is 6.00. The highest BCUT2D eigenvalue weighted by Crippen LogP contribution is 2.29. The van der Waals surface area contributed by atoms with E-state index in [4.69, 9.17) is 5.11 Å².